The zero-order chi connectivity index (χ0) is 13.3. The molecule has 2 aromatic heterocycles. The normalized spacial score (nSPS) is 16.9. The van der Waals surface area contributed by atoms with Crippen LogP contribution in [0.2, 0.25) is 0 Å². The average Bonchev–Trinajstić information content (AvgIpc) is 3.02. The molecule has 0 saturated heterocycles. The SMILES string of the molecule is O=C(NCC1(O)CCC1)c1csc(-c2ccsc2)n1. The van der Waals surface area contributed by atoms with Crippen molar-refractivity contribution in [1.29, 1.82) is 0 Å². The van der Waals surface area contributed by atoms with Gasteiger partial charge < -0.3 is 10.4 Å². The molecule has 0 aliphatic heterocycles. The van der Waals surface area contributed by atoms with Crippen molar-refractivity contribution in [3.8, 4) is 10.6 Å². The van der Waals surface area contributed by atoms with Crippen molar-refractivity contribution in [2.24, 2.45) is 0 Å². The van der Waals surface area contributed by atoms with Crippen LogP contribution in [0.5, 0.6) is 0 Å². The number of amides is 1. The highest BCUT2D eigenvalue weighted by molar-refractivity contribution is 7.14. The third-order valence-corrected chi connectivity index (χ3v) is 4.94. The minimum absolute atomic E-state index is 0.210. The Kier molecular flexibility index (Phi) is 3.38. The summed E-state index contributed by atoms with van der Waals surface area (Å²) in [6.07, 6.45) is 2.57. The van der Waals surface area contributed by atoms with Crippen molar-refractivity contribution in [2.45, 2.75) is 24.9 Å². The highest BCUT2D eigenvalue weighted by Gasteiger charge is 2.34. The van der Waals surface area contributed by atoms with Gasteiger partial charge >= 0.3 is 0 Å². The van der Waals surface area contributed by atoms with Crippen LogP contribution in [0.15, 0.2) is 22.2 Å². The van der Waals surface area contributed by atoms with Crippen LogP contribution in [0.4, 0.5) is 0 Å². The van der Waals surface area contributed by atoms with Crippen molar-refractivity contribution < 1.29 is 9.90 Å². The van der Waals surface area contributed by atoms with Gasteiger partial charge in [-0.25, -0.2) is 4.98 Å². The molecule has 1 aliphatic rings. The first-order valence-electron chi connectivity index (χ1n) is 6.15. The molecule has 0 spiro atoms. The first kappa shape index (κ1) is 12.8. The molecule has 1 amide bonds. The van der Waals surface area contributed by atoms with Crippen LogP contribution < -0.4 is 5.32 Å². The maximum Gasteiger partial charge on any atom is 0.270 e. The number of nitrogens with zero attached hydrogens (tertiary/aromatic N) is 1. The van der Waals surface area contributed by atoms with E-state index in [-0.39, 0.29) is 5.91 Å². The first-order chi connectivity index (χ1) is 9.16. The summed E-state index contributed by atoms with van der Waals surface area (Å²) >= 11 is 3.07. The molecular weight excluding hydrogens is 280 g/mol. The summed E-state index contributed by atoms with van der Waals surface area (Å²) < 4.78 is 0. The topological polar surface area (TPSA) is 62.2 Å². The van der Waals surface area contributed by atoms with Crippen molar-refractivity contribution >= 4 is 28.6 Å². The highest BCUT2D eigenvalue weighted by atomic mass is 32.1. The number of rotatable bonds is 4. The lowest BCUT2D eigenvalue weighted by Gasteiger charge is -2.36. The molecule has 19 heavy (non-hydrogen) atoms. The maximum absolute atomic E-state index is 11.9. The van der Waals surface area contributed by atoms with E-state index in [2.05, 4.69) is 10.3 Å². The maximum atomic E-state index is 11.9. The van der Waals surface area contributed by atoms with Gasteiger partial charge in [-0.1, -0.05) is 0 Å². The lowest BCUT2D eigenvalue weighted by Crippen LogP contribution is -2.47. The molecule has 2 heterocycles. The fraction of sp³-hybridized carbons (Fsp3) is 0.385. The summed E-state index contributed by atoms with van der Waals surface area (Å²) in [5.74, 6) is -0.210. The Labute approximate surface area is 119 Å². The molecule has 0 unspecified atom stereocenters. The molecule has 4 nitrogen and oxygen atoms in total. The second kappa shape index (κ2) is 5.03. The van der Waals surface area contributed by atoms with Gasteiger partial charge in [0.15, 0.2) is 0 Å². The molecule has 2 aromatic rings. The first-order valence-corrected chi connectivity index (χ1v) is 7.97. The van der Waals surface area contributed by atoms with Gasteiger partial charge in [0, 0.05) is 22.9 Å². The second-order valence-corrected chi connectivity index (χ2v) is 6.45. The highest BCUT2D eigenvalue weighted by Crippen LogP contribution is 2.31. The van der Waals surface area contributed by atoms with E-state index >= 15 is 0 Å². The zero-order valence-electron chi connectivity index (χ0n) is 10.3. The Morgan fingerprint density at radius 3 is 2.95 bits per heavy atom. The number of hydrogen-bond acceptors (Lipinski definition) is 5. The van der Waals surface area contributed by atoms with E-state index in [0.717, 1.165) is 29.8 Å². The molecule has 6 heteroatoms. The van der Waals surface area contributed by atoms with Gasteiger partial charge in [0.2, 0.25) is 0 Å². The smallest absolute Gasteiger partial charge is 0.270 e. The Morgan fingerprint density at radius 2 is 2.32 bits per heavy atom. The Hall–Kier alpha value is -1.24. The average molecular weight is 294 g/mol. The molecule has 100 valence electrons. The van der Waals surface area contributed by atoms with Crippen molar-refractivity contribution in [1.82, 2.24) is 10.3 Å². The van der Waals surface area contributed by atoms with Crippen molar-refractivity contribution in [3.63, 3.8) is 0 Å². The molecular formula is C13H14N2O2S2. The summed E-state index contributed by atoms with van der Waals surface area (Å²) in [6, 6.07) is 1.99. The molecule has 1 fully saturated rings. The molecule has 0 atom stereocenters. The van der Waals surface area contributed by atoms with Gasteiger partial charge in [0.05, 0.1) is 5.60 Å². The van der Waals surface area contributed by atoms with E-state index in [9.17, 15) is 9.90 Å². The Balaban J connectivity index is 1.64. The van der Waals surface area contributed by atoms with Crippen LogP contribution in [0.3, 0.4) is 0 Å². The van der Waals surface area contributed by atoms with Crippen molar-refractivity contribution in [3.05, 3.63) is 27.9 Å². The number of hydrogen-bond donors (Lipinski definition) is 2. The molecule has 1 aliphatic carbocycles. The van der Waals surface area contributed by atoms with Gasteiger partial charge in [-0.15, -0.1) is 11.3 Å². The number of nitrogens with one attached hydrogen (secondary N) is 1. The third kappa shape index (κ3) is 2.70. The minimum atomic E-state index is -0.693. The van der Waals surface area contributed by atoms with Crippen LogP contribution in [-0.2, 0) is 0 Å². The van der Waals surface area contributed by atoms with Gasteiger partial charge in [0.25, 0.3) is 5.91 Å². The quantitative estimate of drug-likeness (QED) is 0.911. The number of thiophene rings is 1. The van der Waals surface area contributed by atoms with E-state index < -0.39 is 5.60 Å². The van der Waals surface area contributed by atoms with Crippen LogP contribution in [0.25, 0.3) is 10.6 Å². The summed E-state index contributed by atoms with van der Waals surface area (Å²) in [7, 11) is 0. The summed E-state index contributed by atoms with van der Waals surface area (Å²) in [4.78, 5) is 16.3. The summed E-state index contributed by atoms with van der Waals surface area (Å²) in [5, 5.41) is 19.3. The molecule has 3 rings (SSSR count). The van der Waals surface area contributed by atoms with E-state index in [1.165, 1.54) is 11.3 Å². The molecule has 0 aromatic carbocycles. The molecule has 2 N–H and O–H groups in total. The third-order valence-electron chi connectivity index (χ3n) is 3.37. The predicted octanol–water partition coefficient (Wildman–Crippen LogP) is 2.52. The standard InChI is InChI=1S/C13H14N2O2S2/c16-11(14-8-13(17)3-1-4-13)10-7-19-12(15-10)9-2-5-18-6-9/h2,5-7,17H,1,3-4,8H2,(H,14,16). The lowest BCUT2D eigenvalue weighted by molar-refractivity contribution is -0.0300. The number of aromatic nitrogens is 1. The largest absolute Gasteiger partial charge is 0.388 e. The van der Waals surface area contributed by atoms with Gasteiger partial charge in [-0.05, 0) is 30.7 Å². The second-order valence-electron chi connectivity index (χ2n) is 4.81. The van der Waals surface area contributed by atoms with Crippen LogP contribution in [0.1, 0.15) is 29.8 Å². The molecule has 1 saturated carbocycles. The van der Waals surface area contributed by atoms with Crippen molar-refractivity contribution in [2.75, 3.05) is 6.54 Å². The summed E-state index contributed by atoms with van der Waals surface area (Å²) in [5.41, 5.74) is 0.780. The van der Waals surface area contributed by atoms with E-state index in [1.807, 2.05) is 16.8 Å². The lowest BCUT2D eigenvalue weighted by atomic mass is 9.80. The Morgan fingerprint density at radius 1 is 1.47 bits per heavy atom. The monoisotopic (exact) mass is 294 g/mol. The van der Waals surface area contributed by atoms with E-state index in [4.69, 9.17) is 0 Å². The number of aliphatic hydroxyl groups is 1. The van der Waals surface area contributed by atoms with Crippen LogP contribution in [0, 0.1) is 0 Å². The molecule has 0 bridgehead atoms. The molecule has 0 radical (unpaired) electrons. The number of carbonyl (C=O) groups is 1. The van der Waals surface area contributed by atoms with Gasteiger partial charge in [-0.3, -0.25) is 4.79 Å². The number of thiazole rings is 1. The van der Waals surface area contributed by atoms with Gasteiger partial charge in [-0.2, -0.15) is 11.3 Å². The van der Waals surface area contributed by atoms with Crippen LogP contribution in [-0.4, -0.2) is 28.1 Å². The number of carbonyl (C=O) groups excluding carboxylic acids is 1. The Bertz CT molecular complexity index is 573. The fourth-order valence-electron chi connectivity index (χ4n) is 1.99. The fourth-order valence-corrected chi connectivity index (χ4v) is 3.51. The predicted molar refractivity (Wildman–Crippen MR) is 76.6 cm³/mol. The van der Waals surface area contributed by atoms with Crippen LogP contribution >= 0.6 is 22.7 Å². The minimum Gasteiger partial charge on any atom is -0.388 e. The zero-order valence-corrected chi connectivity index (χ0v) is 11.9. The van der Waals surface area contributed by atoms with E-state index in [0.29, 0.717) is 12.2 Å². The van der Waals surface area contributed by atoms with Gasteiger partial charge in [0.1, 0.15) is 10.7 Å². The summed E-state index contributed by atoms with van der Waals surface area (Å²) in [6.45, 7) is 0.317. The van der Waals surface area contributed by atoms with E-state index in [1.54, 1.807) is 16.7 Å².